The topological polar surface area (TPSA) is 37.3 Å². The van der Waals surface area contributed by atoms with Gasteiger partial charge in [-0.1, -0.05) is 72.7 Å². The predicted molar refractivity (Wildman–Crippen MR) is 105 cm³/mol. The SMILES string of the molecule is O=C(C#Cc1ccccc1)c1ccc(CCCC(O)=C2C=CC=C2)cc1. The van der Waals surface area contributed by atoms with Crippen LogP contribution in [0.3, 0.4) is 0 Å². The third kappa shape index (κ3) is 4.84. The monoisotopic (exact) mass is 340 g/mol. The molecule has 2 heteroatoms. The van der Waals surface area contributed by atoms with E-state index >= 15 is 0 Å². The number of aryl methyl sites for hydroxylation is 1. The number of rotatable bonds is 5. The number of Topliss-reactive ketones (excluding diaryl/α,β-unsaturated/α-hetero) is 1. The molecular formula is C24H20O2. The van der Waals surface area contributed by atoms with Gasteiger partial charge in [-0.2, -0.15) is 0 Å². The van der Waals surface area contributed by atoms with Gasteiger partial charge in [-0.3, -0.25) is 4.79 Å². The zero-order chi connectivity index (χ0) is 18.2. The number of ketones is 1. The highest BCUT2D eigenvalue weighted by molar-refractivity contribution is 6.09. The quantitative estimate of drug-likeness (QED) is 0.462. The lowest BCUT2D eigenvalue weighted by Crippen LogP contribution is -1.96. The number of carbonyl (C=O) groups excluding carboxylic acids is 1. The van der Waals surface area contributed by atoms with Crippen molar-refractivity contribution >= 4 is 5.78 Å². The van der Waals surface area contributed by atoms with Crippen molar-refractivity contribution < 1.29 is 9.90 Å². The van der Waals surface area contributed by atoms with Gasteiger partial charge in [-0.25, -0.2) is 0 Å². The summed E-state index contributed by atoms with van der Waals surface area (Å²) >= 11 is 0. The molecule has 0 radical (unpaired) electrons. The van der Waals surface area contributed by atoms with Gasteiger partial charge < -0.3 is 5.11 Å². The zero-order valence-electron chi connectivity index (χ0n) is 14.5. The Morgan fingerprint density at radius 1 is 0.923 bits per heavy atom. The lowest BCUT2D eigenvalue weighted by atomic mass is 10.0. The van der Waals surface area contributed by atoms with Crippen molar-refractivity contribution in [3.05, 3.63) is 107 Å². The molecule has 128 valence electrons. The molecule has 1 N–H and O–H groups in total. The molecule has 0 heterocycles. The summed E-state index contributed by atoms with van der Waals surface area (Å²) in [6, 6.07) is 17.0. The highest BCUT2D eigenvalue weighted by atomic mass is 16.3. The average molecular weight is 340 g/mol. The van der Waals surface area contributed by atoms with E-state index in [2.05, 4.69) is 11.8 Å². The molecule has 0 saturated carbocycles. The van der Waals surface area contributed by atoms with Crippen LogP contribution in [0.15, 0.2) is 90.2 Å². The Kier molecular flexibility index (Phi) is 5.85. The van der Waals surface area contributed by atoms with Crippen LogP contribution in [-0.4, -0.2) is 10.9 Å². The van der Waals surface area contributed by atoms with E-state index in [-0.39, 0.29) is 5.78 Å². The maximum absolute atomic E-state index is 12.2. The minimum Gasteiger partial charge on any atom is -0.512 e. The van der Waals surface area contributed by atoms with Crippen LogP contribution in [-0.2, 0) is 6.42 Å². The maximum Gasteiger partial charge on any atom is 0.236 e. The fraction of sp³-hybridized carbons (Fsp3) is 0.125. The van der Waals surface area contributed by atoms with E-state index in [1.807, 2.05) is 78.9 Å². The van der Waals surface area contributed by atoms with Crippen LogP contribution in [0, 0.1) is 11.8 Å². The molecule has 0 amide bonds. The predicted octanol–water partition coefficient (Wildman–Crippen LogP) is 5.18. The van der Waals surface area contributed by atoms with E-state index < -0.39 is 0 Å². The minimum atomic E-state index is -0.178. The number of benzene rings is 2. The molecule has 3 rings (SSSR count). The van der Waals surface area contributed by atoms with Crippen LogP contribution in [0.1, 0.15) is 34.3 Å². The summed E-state index contributed by atoms with van der Waals surface area (Å²) in [4.78, 5) is 12.2. The largest absolute Gasteiger partial charge is 0.512 e. The van der Waals surface area contributed by atoms with Gasteiger partial charge >= 0.3 is 0 Å². The minimum absolute atomic E-state index is 0.178. The summed E-state index contributed by atoms with van der Waals surface area (Å²) in [6.45, 7) is 0. The number of aliphatic hydroxyl groups is 1. The number of allylic oxidation sites excluding steroid dienone is 6. The Labute approximate surface area is 154 Å². The molecule has 0 unspecified atom stereocenters. The van der Waals surface area contributed by atoms with E-state index in [0.29, 0.717) is 17.7 Å². The molecular weight excluding hydrogens is 320 g/mol. The highest BCUT2D eigenvalue weighted by Gasteiger charge is 2.04. The molecule has 0 bridgehead atoms. The Bertz CT molecular complexity index is 904. The average Bonchev–Trinajstić information content (AvgIpc) is 3.22. The molecule has 0 spiro atoms. The first-order valence-electron chi connectivity index (χ1n) is 8.69. The van der Waals surface area contributed by atoms with Gasteiger partial charge in [0.25, 0.3) is 0 Å². The fourth-order valence-electron chi connectivity index (χ4n) is 2.72. The first kappa shape index (κ1) is 17.5. The highest BCUT2D eigenvalue weighted by Crippen LogP contribution is 2.17. The summed E-state index contributed by atoms with van der Waals surface area (Å²) in [5, 5.41) is 10.0. The van der Waals surface area contributed by atoms with Crippen molar-refractivity contribution in [2.75, 3.05) is 0 Å². The standard InChI is InChI=1S/C24H20O2/c25-23(21-10-4-5-11-21)12-6-9-20-13-16-22(17-14-20)24(26)18-15-19-7-2-1-3-8-19/h1-5,7-8,10-11,13-14,16-17,25H,6,9,12H2. The molecule has 0 aromatic heterocycles. The second kappa shape index (κ2) is 8.69. The van der Waals surface area contributed by atoms with Gasteiger partial charge in [0.1, 0.15) is 0 Å². The zero-order valence-corrected chi connectivity index (χ0v) is 14.5. The Morgan fingerprint density at radius 2 is 1.62 bits per heavy atom. The van der Waals surface area contributed by atoms with E-state index in [1.165, 1.54) is 0 Å². The normalized spacial score (nSPS) is 11.9. The summed E-state index contributed by atoms with van der Waals surface area (Å²) in [7, 11) is 0. The van der Waals surface area contributed by atoms with Gasteiger partial charge in [0.2, 0.25) is 5.78 Å². The Morgan fingerprint density at radius 3 is 2.31 bits per heavy atom. The van der Waals surface area contributed by atoms with Crippen molar-refractivity contribution in [3.8, 4) is 11.8 Å². The molecule has 2 nitrogen and oxygen atoms in total. The van der Waals surface area contributed by atoms with Crippen molar-refractivity contribution in [2.24, 2.45) is 0 Å². The summed E-state index contributed by atoms with van der Waals surface area (Å²) < 4.78 is 0. The second-order valence-electron chi connectivity index (χ2n) is 6.12. The number of hydrogen-bond donors (Lipinski definition) is 1. The van der Waals surface area contributed by atoms with Crippen LogP contribution < -0.4 is 0 Å². The molecule has 2 aromatic rings. The van der Waals surface area contributed by atoms with Crippen molar-refractivity contribution in [1.29, 1.82) is 0 Å². The molecule has 26 heavy (non-hydrogen) atoms. The van der Waals surface area contributed by atoms with E-state index in [4.69, 9.17) is 0 Å². The van der Waals surface area contributed by atoms with E-state index in [9.17, 15) is 9.90 Å². The fourth-order valence-corrected chi connectivity index (χ4v) is 2.72. The second-order valence-corrected chi connectivity index (χ2v) is 6.12. The van der Waals surface area contributed by atoms with Gasteiger partial charge in [0, 0.05) is 23.1 Å². The molecule has 0 aliphatic heterocycles. The molecule has 1 aliphatic rings. The number of carbonyl (C=O) groups is 1. The lowest BCUT2D eigenvalue weighted by molar-refractivity contribution is 0.105. The van der Waals surface area contributed by atoms with Crippen LogP contribution in [0.4, 0.5) is 0 Å². The van der Waals surface area contributed by atoms with E-state index in [0.717, 1.165) is 29.5 Å². The number of hydrogen-bond acceptors (Lipinski definition) is 2. The van der Waals surface area contributed by atoms with Gasteiger partial charge in [-0.05, 0) is 36.5 Å². The van der Waals surface area contributed by atoms with Crippen LogP contribution in [0.5, 0.6) is 0 Å². The van der Waals surface area contributed by atoms with Gasteiger partial charge in [0.15, 0.2) is 0 Å². The molecule has 0 saturated heterocycles. The Balaban J connectivity index is 1.54. The molecule has 0 atom stereocenters. The van der Waals surface area contributed by atoms with E-state index in [1.54, 1.807) is 0 Å². The third-order valence-electron chi connectivity index (χ3n) is 4.19. The van der Waals surface area contributed by atoms with Gasteiger partial charge in [0.05, 0.1) is 5.76 Å². The first-order valence-corrected chi connectivity index (χ1v) is 8.69. The van der Waals surface area contributed by atoms with Crippen molar-refractivity contribution in [3.63, 3.8) is 0 Å². The van der Waals surface area contributed by atoms with Crippen LogP contribution >= 0.6 is 0 Å². The summed E-state index contributed by atoms with van der Waals surface area (Å²) in [5.41, 5.74) is 3.47. The summed E-state index contributed by atoms with van der Waals surface area (Å²) in [6.07, 6.45) is 10.0. The van der Waals surface area contributed by atoms with Crippen molar-refractivity contribution in [1.82, 2.24) is 0 Å². The third-order valence-corrected chi connectivity index (χ3v) is 4.19. The summed E-state index contributed by atoms with van der Waals surface area (Å²) in [5.74, 6) is 5.82. The van der Waals surface area contributed by atoms with Crippen molar-refractivity contribution in [2.45, 2.75) is 19.3 Å². The van der Waals surface area contributed by atoms with Crippen LogP contribution in [0.25, 0.3) is 0 Å². The van der Waals surface area contributed by atoms with Crippen LogP contribution in [0.2, 0.25) is 0 Å². The Hall–Kier alpha value is -3.31. The lowest BCUT2D eigenvalue weighted by Gasteiger charge is -2.04. The molecule has 0 fully saturated rings. The first-order chi connectivity index (χ1) is 12.7. The van der Waals surface area contributed by atoms with Gasteiger partial charge in [-0.15, -0.1) is 0 Å². The molecule has 1 aliphatic carbocycles. The smallest absolute Gasteiger partial charge is 0.236 e. The molecule has 2 aromatic carbocycles. The maximum atomic E-state index is 12.2. The number of aliphatic hydroxyl groups excluding tert-OH is 1.